The van der Waals surface area contributed by atoms with Crippen LogP contribution in [0.5, 0.6) is 5.75 Å². The Labute approximate surface area is 221 Å². The van der Waals surface area contributed by atoms with E-state index in [4.69, 9.17) is 23.7 Å². The number of carbonyl (C=O) groups excluding carboxylic acids is 3. The Kier molecular flexibility index (Phi) is 6.99. The zero-order valence-corrected chi connectivity index (χ0v) is 22.1. The molecule has 5 atom stereocenters. The molecule has 0 saturated carbocycles. The molecule has 38 heavy (non-hydrogen) atoms. The summed E-state index contributed by atoms with van der Waals surface area (Å²) >= 11 is 0. The van der Waals surface area contributed by atoms with E-state index in [2.05, 4.69) is 0 Å². The summed E-state index contributed by atoms with van der Waals surface area (Å²) in [5.41, 5.74) is 1.60. The van der Waals surface area contributed by atoms with Crippen molar-refractivity contribution < 1.29 is 38.1 Å². The molecule has 3 aliphatic rings. The van der Waals surface area contributed by atoms with Crippen molar-refractivity contribution in [2.45, 2.75) is 70.2 Å². The van der Waals surface area contributed by atoms with Crippen LogP contribution in [0.2, 0.25) is 0 Å². The van der Waals surface area contributed by atoms with Gasteiger partial charge in [-0.25, -0.2) is 9.69 Å². The van der Waals surface area contributed by atoms with Gasteiger partial charge in [-0.2, -0.15) is 0 Å². The maximum atomic E-state index is 14.0. The van der Waals surface area contributed by atoms with Crippen LogP contribution in [0.1, 0.15) is 43.1 Å². The Morgan fingerprint density at radius 1 is 1.05 bits per heavy atom. The van der Waals surface area contributed by atoms with E-state index in [0.717, 1.165) is 10.5 Å². The second-order valence-electron chi connectivity index (χ2n) is 10.1. The van der Waals surface area contributed by atoms with Crippen molar-refractivity contribution in [2.24, 2.45) is 0 Å². The number of hydrogen-bond donors (Lipinski definition) is 0. The molecule has 3 fully saturated rings. The fourth-order valence-corrected chi connectivity index (χ4v) is 5.36. The number of ether oxygens (including phenoxy) is 5. The Morgan fingerprint density at radius 2 is 1.79 bits per heavy atom. The SMILES string of the molecule is COc1ccc(CN2C(=O)N(c3cccc(C(C)=O)c3)C(=O)C[C@H]2[C@H]2O[C@@H]3OC(C)(C)O[C@@H]3[C@H]2OC)cc1. The van der Waals surface area contributed by atoms with E-state index in [0.29, 0.717) is 17.0 Å². The fraction of sp³-hybridized carbons (Fsp3) is 0.464. The highest BCUT2D eigenvalue weighted by atomic mass is 16.8. The van der Waals surface area contributed by atoms with Crippen LogP contribution in [0.25, 0.3) is 0 Å². The Balaban J connectivity index is 1.49. The molecule has 202 valence electrons. The smallest absolute Gasteiger partial charge is 0.332 e. The van der Waals surface area contributed by atoms with Gasteiger partial charge in [0, 0.05) is 19.2 Å². The number of carbonyl (C=O) groups is 3. The normalized spacial score (nSPS) is 28.5. The van der Waals surface area contributed by atoms with Crippen LogP contribution >= 0.6 is 0 Å². The number of anilines is 1. The molecular weight excluding hydrogens is 492 g/mol. The number of amides is 3. The average Bonchev–Trinajstić information content (AvgIpc) is 3.37. The van der Waals surface area contributed by atoms with Crippen LogP contribution in [0.4, 0.5) is 10.5 Å². The van der Waals surface area contributed by atoms with E-state index in [1.807, 2.05) is 24.3 Å². The molecule has 0 aliphatic carbocycles. The lowest BCUT2D eigenvalue weighted by Crippen LogP contribution is -2.62. The number of benzene rings is 2. The molecule has 10 nitrogen and oxygen atoms in total. The van der Waals surface area contributed by atoms with Crippen LogP contribution in [0.3, 0.4) is 0 Å². The van der Waals surface area contributed by atoms with Crippen LogP contribution in [-0.4, -0.2) is 73.3 Å². The first-order valence-electron chi connectivity index (χ1n) is 12.5. The summed E-state index contributed by atoms with van der Waals surface area (Å²) in [4.78, 5) is 42.2. The second-order valence-corrected chi connectivity index (χ2v) is 10.1. The topological polar surface area (TPSA) is 104 Å². The van der Waals surface area contributed by atoms with Gasteiger partial charge in [0.1, 0.15) is 24.1 Å². The van der Waals surface area contributed by atoms with E-state index in [1.54, 1.807) is 57.2 Å². The summed E-state index contributed by atoms with van der Waals surface area (Å²) in [6.45, 7) is 5.25. The van der Waals surface area contributed by atoms with Gasteiger partial charge < -0.3 is 28.6 Å². The number of Topliss-reactive ketones (excluding diaryl/α,β-unsaturated/α-hetero) is 1. The standard InChI is InChI=1S/C28H32N2O8/c1-16(31)18-7-6-8-19(13-18)30-22(32)14-21(23-24(35-5)25-26(36-23)38-28(2,3)37-25)29(27(30)33)15-17-9-11-20(34-4)12-10-17/h6-13,21,23-26H,14-15H2,1-5H3/t21-,23+,24-,25+,26+/m0/s1. The van der Waals surface area contributed by atoms with Crippen molar-refractivity contribution in [3.8, 4) is 5.75 Å². The summed E-state index contributed by atoms with van der Waals surface area (Å²) in [7, 11) is 3.14. The molecule has 0 aromatic heterocycles. The van der Waals surface area contributed by atoms with Gasteiger partial charge >= 0.3 is 6.03 Å². The van der Waals surface area contributed by atoms with E-state index < -0.39 is 48.4 Å². The quantitative estimate of drug-likeness (QED) is 0.507. The predicted octanol–water partition coefficient (Wildman–Crippen LogP) is 3.52. The largest absolute Gasteiger partial charge is 0.497 e. The predicted molar refractivity (Wildman–Crippen MR) is 136 cm³/mol. The summed E-state index contributed by atoms with van der Waals surface area (Å²) < 4.78 is 29.3. The molecule has 3 aliphatic heterocycles. The molecule has 0 N–H and O–H groups in total. The van der Waals surface area contributed by atoms with Crippen LogP contribution < -0.4 is 9.64 Å². The molecule has 3 amide bonds. The zero-order chi connectivity index (χ0) is 27.2. The van der Waals surface area contributed by atoms with Crippen molar-refractivity contribution >= 4 is 23.4 Å². The third-order valence-corrected chi connectivity index (χ3v) is 7.17. The summed E-state index contributed by atoms with van der Waals surface area (Å²) in [6.07, 6.45) is -2.42. The lowest BCUT2D eigenvalue weighted by atomic mass is 9.95. The van der Waals surface area contributed by atoms with Gasteiger partial charge in [-0.1, -0.05) is 24.3 Å². The molecule has 0 unspecified atom stereocenters. The van der Waals surface area contributed by atoms with Crippen molar-refractivity contribution in [3.05, 3.63) is 59.7 Å². The van der Waals surface area contributed by atoms with Crippen molar-refractivity contribution in [1.82, 2.24) is 4.90 Å². The Hall–Kier alpha value is -3.31. The fourth-order valence-electron chi connectivity index (χ4n) is 5.36. The molecule has 0 spiro atoms. The summed E-state index contributed by atoms with van der Waals surface area (Å²) in [5.74, 6) is -0.703. The highest BCUT2D eigenvalue weighted by molar-refractivity contribution is 6.16. The lowest BCUT2D eigenvalue weighted by molar-refractivity contribution is -0.223. The number of hydrogen-bond acceptors (Lipinski definition) is 8. The van der Waals surface area contributed by atoms with Gasteiger partial charge in [-0.05, 0) is 50.6 Å². The first kappa shape index (κ1) is 26.3. The second kappa shape index (κ2) is 10.1. The first-order chi connectivity index (χ1) is 18.1. The molecule has 3 heterocycles. The third-order valence-electron chi connectivity index (χ3n) is 7.17. The van der Waals surface area contributed by atoms with Gasteiger partial charge in [0.25, 0.3) is 0 Å². The number of imide groups is 1. The summed E-state index contributed by atoms with van der Waals surface area (Å²) in [6, 6.07) is 12.7. The van der Waals surface area contributed by atoms with Gasteiger partial charge in [0.15, 0.2) is 17.9 Å². The monoisotopic (exact) mass is 524 g/mol. The average molecular weight is 525 g/mol. The van der Waals surface area contributed by atoms with Crippen molar-refractivity contribution in [1.29, 1.82) is 0 Å². The zero-order valence-electron chi connectivity index (χ0n) is 22.1. The van der Waals surface area contributed by atoms with Crippen LogP contribution in [0, 0.1) is 0 Å². The molecule has 0 radical (unpaired) electrons. The molecular formula is C28H32N2O8. The first-order valence-corrected chi connectivity index (χ1v) is 12.5. The maximum Gasteiger partial charge on any atom is 0.332 e. The highest BCUT2D eigenvalue weighted by Gasteiger charge is 2.59. The number of nitrogens with zero attached hydrogens (tertiary/aromatic N) is 2. The van der Waals surface area contributed by atoms with E-state index in [-0.39, 0.29) is 18.7 Å². The van der Waals surface area contributed by atoms with E-state index >= 15 is 0 Å². The Bertz CT molecular complexity index is 1230. The number of rotatable bonds is 7. The molecule has 5 rings (SSSR count). The van der Waals surface area contributed by atoms with Crippen LogP contribution in [0.15, 0.2) is 48.5 Å². The molecule has 0 bridgehead atoms. The lowest BCUT2D eigenvalue weighted by Gasteiger charge is -2.43. The number of methoxy groups -OCH3 is 2. The number of urea groups is 1. The van der Waals surface area contributed by atoms with Gasteiger partial charge in [-0.3, -0.25) is 9.59 Å². The maximum absolute atomic E-state index is 14.0. The van der Waals surface area contributed by atoms with Gasteiger partial charge in [0.2, 0.25) is 5.91 Å². The van der Waals surface area contributed by atoms with Crippen molar-refractivity contribution in [2.75, 3.05) is 19.1 Å². The minimum Gasteiger partial charge on any atom is -0.497 e. The van der Waals surface area contributed by atoms with Gasteiger partial charge in [0.05, 0.1) is 25.3 Å². The summed E-state index contributed by atoms with van der Waals surface area (Å²) in [5, 5.41) is 0. The van der Waals surface area contributed by atoms with Crippen molar-refractivity contribution in [3.63, 3.8) is 0 Å². The third kappa shape index (κ3) is 4.80. The minimum atomic E-state index is -0.837. The van der Waals surface area contributed by atoms with E-state index in [9.17, 15) is 14.4 Å². The highest BCUT2D eigenvalue weighted by Crippen LogP contribution is 2.42. The number of ketones is 1. The molecule has 10 heteroatoms. The minimum absolute atomic E-state index is 0.0143. The van der Waals surface area contributed by atoms with E-state index in [1.165, 1.54) is 6.92 Å². The number of fused-ring (bicyclic) bond motifs is 1. The molecule has 3 saturated heterocycles. The molecule has 2 aromatic rings. The molecule has 2 aromatic carbocycles. The Morgan fingerprint density at radius 3 is 2.45 bits per heavy atom. The van der Waals surface area contributed by atoms with Crippen LogP contribution in [-0.2, 0) is 30.3 Å². The van der Waals surface area contributed by atoms with Gasteiger partial charge in [-0.15, -0.1) is 0 Å².